The number of nitrogens with zero attached hydrogens (tertiary/aromatic N) is 5. The summed E-state index contributed by atoms with van der Waals surface area (Å²) in [7, 11) is 2.07. The molecule has 0 atom stereocenters. The zero-order valence-electron chi connectivity index (χ0n) is 17.6. The number of thioether (sulfide) groups is 1. The van der Waals surface area contributed by atoms with Crippen LogP contribution < -0.4 is 0 Å². The van der Waals surface area contributed by atoms with Crippen LogP contribution in [0.25, 0.3) is 0 Å². The van der Waals surface area contributed by atoms with E-state index in [0.717, 1.165) is 54.8 Å². The molecule has 2 fully saturated rings. The van der Waals surface area contributed by atoms with E-state index in [0.29, 0.717) is 17.4 Å². The van der Waals surface area contributed by atoms with Crippen molar-refractivity contribution < 1.29 is 4.79 Å². The second-order valence-corrected chi connectivity index (χ2v) is 9.75. The fourth-order valence-electron chi connectivity index (χ4n) is 4.36. The molecule has 2 aliphatic rings. The third-order valence-corrected chi connectivity index (χ3v) is 7.44. The molecule has 0 N–H and O–H groups in total. The Balaban J connectivity index is 1.25. The highest BCUT2D eigenvalue weighted by Crippen LogP contribution is 2.29. The zero-order valence-corrected chi connectivity index (χ0v) is 19.2. The molecule has 2 saturated heterocycles. The van der Waals surface area contributed by atoms with E-state index in [1.54, 1.807) is 11.8 Å². The molecular weight excluding hydrogens is 418 g/mol. The van der Waals surface area contributed by atoms with Crippen molar-refractivity contribution in [2.24, 2.45) is 7.05 Å². The third kappa shape index (κ3) is 5.37. The first-order valence-electron chi connectivity index (χ1n) is 10.9. The number of rotatable bonds is 7. The lowest BCUT2D eigenvalue weighted by molar-refractivity contribution is -0.131. The van der Waals surface area contributed by atoms with Gasteiger partial charge < -0.3 is 14.4 Å². The number of aromatic nitrogens is 3. The van der Waals surface area contributed by atoms with Gasteiger partial charge in [-0.2, -0.15) is 0 Å². The first-order chi connectivity index (χ1) is 14.6. The number of halogens is 1. The van der Waals surface area contributed by atoms with Crippen molar-refractivity contribution in [2.75, 3.05) is 38.5 Å². The van der Waals surface area contributed by atoms with Gasteiger partial charge in [-0.05, 0) is 56.5 Å². The summed E-state index contributed by atoms with van der Waals surface area (Å²) in [5.41, 5.74) is 1.01. The number of carbonyl (C=O) groups excluding carboxylic acids is 1. The van der Waals surface area contributed by atoms with Crippen molar-refractivity contribution >= 4 is 29.3 Å². The van der Waals surface area contributed by atoms with Gasteiger partial charge in [0, 0.05) is 43.4 Å². The molecule has 0 unspecified atom stereocenters. The second kappa shape index (κ2) is 10.2. The summed E-state index contributed by atoms with van der Waals surface area (Å²) in [4.78, 5) is 17.2. The Labute approximate surface area is 188 Å². The maximum atomic E-state index is 12.6. The summed E-state index contributed by atoms with van der Waals surface area (Å²) in [6.45, 7) is 5.16. The van der Waals surface area contributed by atoms with E-state index < -0.39 is 0 Å². The highest BCUT2D eigenvalue weighted by molar-refractivity contribution is 7.99. The molecule has 6 nitrogen and oxygen atoms in total. The van der Waals surface area contributed by atoms with Gasteiger partial charge in [0.25, 0.3) is 0 Å². The molecule has 1 amide bonds. The Hall–Kier alpha value is -1.57. The zero-order chi connectivity index (χ0) is 20.9. The first kappa shape index (κ1) is 21.7. The van der Waals surface area contributed by atoms with Crippen LogP contribution in [-0.4, -0.2) is 68.9 Å². The van der Waals surface area contributed by atoms with Crippen molar-refractivity contribution in [3.63, 3.8) is 0 Å². The average molecular weight is 448 g/mol. The standard InChI is InChI=1S/C22H30ClN5OS/c1-26-21(24-25-22(26)30-15-14-27-10-2-3-11-27)18-8-12-28(13-9-18)20(29)16-17-4-6-19(23)7-5-17/h4-7,18H,2-3,8-16H2,1H3. The largest absolute Gasteiger partial charge is 0.342 e. The van der Waals surface area contributed by atoms with E-state index in [2.05, 4.69) is 26.7 Å². The first-order valence-corrected chi connectivity index (χ1v) is 12.2. The molecule has 4 rings (SSSR count). The van der Waals surface area contributed by atoms with Crippen LogP contribution in [0.1, 0.15) is 43.0 Å². The molecule has 0 saturated carbocycles. The lowest BCUT2D eigenvalue weighted by atomic mass is 9.95. The van der Waals surface area contributed by atoms with Crippen molar-refractivity contribution in [1.29, 1.82) is 0 Å². The van der Waals surface area contributed by atoms with E-state index in [1.807, 2.05) is 29.2 Å². The molecule has 3 heterocycles. The molecular formula is C22H30ClN5OS. The van der Waals surface area contributed by atoms with Crippen LogP contribution in [0.2, 0.25) is 5.02 Å². The number of amides is 1. The summed E-state index contributed by atoms with van der Waals surface area (Å²) in [5, 5.41) is 10.6. The van der Waals surface area contributed by atoms with Crippen LogP contribution in [0.5, 0.6) is 0 Å². The van der Waals surface area contributed by atoms with Gasteiger partial charge in [0.05, 0.1) is 6.42 Å². The van der Waals surface area contributed by atoms with Crippen LogP contribution in [-0.2, 0) is 18.3 Å². The second-order valence-electron chi connectivity index (χ2n) is 8.26. The smallest absolute Gasteiger partial charge is 0.226 e. The summed E-state index contributed by atoms with van der Waals surface area (Å²) in [5.74, 6) is 2.68. The van der Waals surface area contributed by atoms with Gasteiger partial charge in [0.1, 0.15) is 5.82 Å². The molecule has 8 heteroatoms. The number of likely N-dealkylation sites (tertiary alicyclic amines) is 2. The lowest BCUT2D eigenvalue weighted by Gasteiger charge is -2.31. The van der Waals surface area contributed by atoms with Crippen LogP contribution in [0.15, 0.2) is 29.4 Å². The third-order valence-electron chi connectivity index (χ3n) is 6.19. The quantitative estimate of drug-likeness (QED) is 0.607. The van der Waals surface area contributed by atoms with Crippen LogP contribution in [0.4, 0.5) is 0 Å². The van der Waals surface area contributed by atoms with Crippen LogP contribution in [0, 0.1) is 0 Å². The minimum absolute atomic E-state index is 0.187. The Bertz CT molecular complexity index is 842. The average Bonchev–Trinajstić information content (AvgIpc) is 3.40. The molecule has 0 aliphatic carbocycles. The molecule has 30 heavy (non-hydrogen) atoms. The predicted octanol–water partition coefficient (Wildman–Crippen LogP) is 3.61. The Morgan fingerprint density at radius 2 is 1.80 bits per heavy atom. The van der Waals surface area contributed by atoms with Crippen molar-refractivity contribution in [3.05, 3.63) is 40.7 Å². The lowest BCUT2D eigenvalue weighted by Crippen LogP contribution is -2.39. The summed E-state index contributed by atoms with van der Waals surface area (Å²) < 4.78 is 2.16. The number of benzene rings is 1. The Morgan fingerprint density at radius 3 is 2.50 bits per heavy atom. The monoisotopic (exact) mass is 447 g/mol. The molecule has 162 valence electrons. The van der Waals surface area contributed by atoms with E-state index in [1.165, 1.54) is 25.9 Å². The summed E-state index contributed by atoms with van der Waals surface area (Å²) in [6.07, 6.45) is 4.98. The van der Waals surface area contributed by atoms with Gasteiger partial charge >= 0.3 is 0 Å². The Kier molecular flexibility index (Phi) is 7.33. The van der Waals surface area contributed by atoms with Gasteiger partial charge in [0.15, 0.2) is 5.16 Å². The van der Waals surface area contributed by atoms with E-state index in [4.69, 9.17) is 11.6 Å². The van der Waals surface area contributed by atoms with Crippen molar-refractivity contribution in [3.8, 4) is 0 Å². The van der Waals surface area contributed by atoms with Gasteiger partial charge in [-0.25, -0.2) is 0 Å². The molecule has 0 spiro atoms. The highest BCUT2D eigenvalue weighted by Gasteiger charge is 2.27. The molecule has 0 radical (unpaired) electrons. The van der Waals surface area contributed by atoms with Gasteiger partial charge in [0.2, 0.25) is 5.91 Å². The minimum Gasteiger partial charge on any atom is -0.342 e. The molecule has 0 bridgehead atoms. The topological polar surface area (TPSA) is 54.3 Å². The normalized spacial score (nSPS) is 18.3. The Morgan fingerprint density at radius 1 is 1.10 bits per heavy atom. The predicted molar refractivity (Wildman–Crippen MR) is 121 cm³/mol. The van der Waals surface area contributed by atoms with Crippen LogP contribution in [0.3, 0.4) is 0 Å². The molecule has 2 aromatic rings. The minimum atomic E-state index is 0.187. The fourth-order valence-corrected chi connectivity index (χ4v) is 5.40. The maximum absolute atomic E-state index is 12.6. The van der Waals surface area contributed by atoms with Gasteiger partial charge in [-0.1, -0.05) is 35.5 Å². The molecule has 1 aromatic carbocycles. The van der Waals surface area contributed by atoms with Crippen LogP contribution >= 0.6 is 23.4 Å². The van der Waals surface area contributed by atoms with E-state index >= 15 is 0 Å². The summed E-state index contributed by atoms with van der Waals surface area (Å²) >= 11 is 7.73. The van der Waals surface area contributed by atoms with Crippen molar-refractivity contribution in [1.82, 2.24) is 24.6 Å². The van der Waals surface area contributed by atoms with Gasteiger partial charge in [-0.15, -0.1) is 10.2 Å². The van der Waals surface area contributed by atoms with Gasteiger partial charge in [-0.3, -0.25) is 4.79 Å². The molecule has 1 aromatic heterocycles. The SMILES string of the molecule is Cn1c(SCCN2CCCC2)nnc1C1CCN(C(=O)Cc2ccc(Cl)cc2)CC1. The van der Waals surface area contributed by atoms with E-state index in [-0.39, 0.29) is 5.91 Å². The summed E-state index contributed by atoms with van der Waals surface area (Å²) in [6, 6.07) is 7.53. The van der Waals surface area contributed by atoms with Crippen molar-refractivity contribution in [2.45, 2.75) is 43.2 Å². The number of hydrogen-bond acceptors (Lipinski definition) is 5. The number of hydrogen-bond donors (Lipinski definition) is 0. The fraction of sp³-hybridized carbons (Fsp3) is 0.591. The molecule has 2 aliphatic heterocycles. The van der Waals surface area contributed by atoms with E-state index in [9.17, 15) is 4.79 Å². The number of carbonyl (C=O) groups is 1. The highest BCUT2D eigenvalue weighted by atomic mass is 35.5. The maximum Gasteiger partial charge on any atom is 0.226 e. The number of piperidine rings is 1.